The van der Waals surface area contributed by atoms with Crippen LogP contribution in [0.1, 0.15) is 12.0 Å². The number of nitrogens with zero attached hydrogens (tertiary/aromatic N) is 2. The second-order valence-corrected chi connectivity index (χ2v) is 6.13. The van der Waals surface area contributed by atoms with Gasteiger partial charge in [-0.05, 0) is 37.6 Å². The van der Waals surface area contributed by atoms with Crippen molar-refractivity contribution in [1.82, 2.24) is 15.2 Å². The number of rotatable bonds is 5. The van der Waals surface area contributed by atoms with E-state index >= 15 is 0 Å². The quantitative estimate of drug-likeness (QED) is 0.911. The lowest BCUT2D eigenvalue weighted by Gasteiger charge is -2.18. The van der Waals surface area contributed by atoms with Gasteiger partial charge in [0, 0.05) is 31.8 Å². The number of aromatic nitrogens is 1. The maximum atomic E-state index is 12.3. The summed E-state index contributed by atoms with van der Waals surface area (Å²) < 4.78 is 5.35. The van der Waals surface area contributed by atoms with Crippen LogP contribution in [0.4, 0.5) is 0 Å². The summed E-state index contributed by atoms with van der Waals surface area (Å²) in [7, 11) is 3.67. The van der Waals surface area contributed by atoms with E-state index in [0.29, 0.717) is 6.54 Å². The smallest absolute Gasteiger partial charge is 0.237 e. The molecule has 1 fully saturated rings. The Bertz CT molecular complexity index is 689. The summed E-state index contributed by atoms with van der Waals surface area (Å²) in [5, 5.41) is 4.17. The number of para-hydroxylation sites is 1. The molecular formula is C18H23N3O2. The molecule has 2 atom stereocenters. The normalized spacial score (nSPS) is 21.7. The summed E-state index contributed by atoms with van der Waals surface area (Å²) in [5.74, 6) is 0.0841. The molecule has 1 saturated heterocycles. The van der Waals surface area contributed by atoms with Crippen LogP contribution in [0.15, 0.2) is 36.5 Å². The first kappa shape index (κ1) is 15.9. The minimum atomic E-state index is -0.0883. The molecule has 3 rings (SSSR count). The highest BCUT2D eigenvalue weighted by Gasteiger charge is 2.34. The lowest BCUT2D eigenvalue weighted by molar-refractivity contribution is -0.125. The molecule has 1 aliphatic rings. The fourth-order valence-corrected chi connectivity index (χ4v) is 3.13. The molecule has 5 nitrogen and oxygen atoms in total. The van der Waals surface area contributed by atoms with Crippen LogP contribution < -0.4 is 5.32 Å². The SMILES string of the molecule is CO[C@H]1C[C@@H](C(=O)NCCc2cnc3ccccc3c2)N(C)C1. The Morgan fingerprint density at radius 1 is 1.43 bits per heavy atom. The molecule has 2 heterocycles. The Labute approximate surface area is 136 Å². The molecule has 1 N–H and O–H groups in total. The molecule has 1 aliphatic heterocycles. The summed E-state index contributed by atoms with van der Waals surface area (Å²) in [4.78, 5) is 18.8. The Hall–Kier alpha value is -1.98. The number of hydrogen-bond acceptors (Lipinski definition) is 4. The van der Waals surface area contributed by atoms with Gasteiger partial charge in [0.1, 0.15) is 0 Å². The maximum Gasteiger partial charge on any atom is 0.237 e. The first-order chi connectivity index (χ1) is 11.2. The number of carbonyl (C=O) groups excluding carboxylic acids is 1. The number of carbonyl (C=O) groups is 1. The van der Waals surface area contributed by atoms with Gasteiger partial charge >= 0.3 is 0 Å². The van der Waals surface area contributed by atoms with E-state index in [2.05, 4.69) is 27.3 Å². The van der Waals surface area contributed by atoms with E-state index in [1.54, 1.807) is 7.11 Å². The Morgan fingerprint density at radius 2 is 2.26 bits per heavy atom. The third-order valence-corrected chi connectivity index (χ3v) is 4.51. The fraction of sp³-hybridized carbons (Fsp3) is 0.444. The van der Waals surface area contributed by atoms with E-state index in [9.17, 15) is 4.79 Å². The number of likely N-dealkylation sites (N-methyl/N-ethyl adjacent to an activating group) is 1. The van der Waals surface area contributed by atoms with Crippen molar-refractivity contribution in [3.8, 4) is 0 Å². The zero-order valence-corrected chi connectivity index (χ0v) is 13.7. The van der Waals surface area contributed by atoms with Gasteiger partial charge in [-0.1, -0.05) is 18.2 Å². The van der Waals surface area contributed by atoms with Gasteiger partial charge < -0.3 is 10.1 Å². The molecule has 1 aromatic carbocycles. The Morgan fingerprint density at radius 3 is 3.04 bits per heavy atom. The molecule has 0 aliphatic carbocycles. The van der Waals surface area contributed by atoms with Crippen molar-refractivity contribution < 1.29 is 9.53 Å². The third-order valence-electron chi connectivity index (χ3n) is 4.51. The monoisotopic (exact) mass is 313 g/mol. The molecular weight excluding hydrogens is 290 g/mol. The molecule has 0 spiro atoms. The molecule has 2 aromatic rings. The second kappa shape index (κ2) is 7.06. The number of amides is 1. The van der Waals surface area contributed by atoms with Crippen molar-refractivity contribution in [3.05, 3.63) is 42.1 Å². The van der Waals surface area contributed by atoms with E-state index in [1.807, 2.05) is 31.4 Å². The van der Waals surface area contributed by atoms with Gasteiger partial charge in [0.15, 0.2) is 0 Å². The van der Waals surface area contributed by atoms with Gasteiger partial charge in [-0.25, -0.2) is 0 Å². The number of fused-ring (bicyclic) bond motifs is 1. The van der Waals surface area contributed by atoms with Gasteiger partial charge in [0.05, 0.1) is 17.7 Å². The van der Waals surface area contributed by atoms with Crippen molar-refractivity contribution in [2.45, 2.75) is 25.0 Å². The number of methoxy groups -OCH3 is 1. The first-order valence-electron chi connectivity index (χ1n) is 8.02. The lowest BCUT2D eigenvalue weighted by atomic mass is 10.1. The Kier molecular flexibility index (Phi) is 4.88. The summed E-state index contributed by atoms with van der Waals surface area (Å²) in [6, 6.07) is 10.1. The van der Waals surface area contributed by atoms with Crippen LogP contribution in [-0.2, 0) is 16.0 Å². The molecule has 23 heavy (non-hydrogen) atoms. The molecule has 122 valence electrons. The number of likely N-dealkylation sites (tertiary alicyclic amines) is 1. The minimum absolute atomic E-state index is 0.0841. The highest BCUT2D eigenvalue weighted by atomic mass is 16.5. The summed E-state index contributed by atoms with van der Waals surface area (Å²) in [6.45, 7) is 1.43. The van der Waals surface area contributed by atoms with Crippen molar-refractivity contribution in [2.75, 3.05) is 27.2 Å². The van der Waals surface area contributed by atoms with Crippen LogP contribution >= 0.6 is 0 Å². The summed E-state index contributed by atoms with van der Waals surface area (Å²) in [6.07, 6.45) is 3.58. The maximum absolute atomic E-state index is 12.3. The van der Waals surface area contributed by atoms with Crippen molar-refractivity contribution in [3.63, 3.8) is 0 Å². The zero-order valence-electron chi connectivity index (χ0n) is 13.7. The van der Waals surface area contributed by atoms with Crippen LogP contribution in [0.2, 0.25) is 0 Å². The largest absolute Gasteiger partial charge is 0.380 e. The van der Waals surface area contributed by atoms with Crippen LogP contribution in [0.5, 0.6) is 0 Å². The predicted molar refractivity (Wildman–Crippen MR) is 90.3 cm³/mol. The third kappa shape index (κ3) is 3.68. The lowest BCUT2D eigenvalue weighted by Crippen LogP contribution is -2.42. The number of hydrogen-bond donors (Lipinski definition) is 1. The molecule has 0 radical (unpaired) electrons. The van der Waals surface area contributed by atoms with Gasteiger partial charge in [-0.3, -0.25) is 14.7 Å². The van der Waals surface area contributed by atoms with E-state index in [1.165, 1.54) is 0 Å². The van der Waals surface area contributed by atoms with Gasteiger partial charge in [-0.2, -0.15) is 0 Å². The van der Waals surface area contributed by atoms with Crippen LogP contribution in [-0.4, -0.2) is 55.2 Å². The highest BCUT2D eigenvalue weighted by molar-refractivity contribution is 5.82. The zero-order chi connectivity index (χ0) is 16.2. The van der Waals surface area contributed by atoms with E-state index in [-0.39, 0.29) is 18.1 Å². The van der Waals surface area contributed by atoms with Crippen molar-refractivity contribution in [1.29, 1.82) is 0 Å². The highest BCUT2D eigenvalue weighted by Crippen LogP contribution is 2.18. The fourth-order valence-electron chi connectivity index (χ4n) is 3.13. The summed E-state index contributed by atoms with van der Waals surface area (Å²) >= 11 is 0. The van der Waals surface area contributed by atoms with Gasteiger partial charge in [-0.15, -0.1) is 0 Å². The average Bonchev–Trinajstić information content (AvgIpc) is 2.96. The van der Waals surface area contributed by atoms with Crippen LogP contribution in [0, 0.1) is 0 Å². The number of benzene rings is 1. The van der Waals surface area contributed by atoms with E-state index in [4.69, 9.17) is 4.74 Å². The molecule has 1 aromatic heterocycles. The van der Waals surface area contributed by atoms with E-state index in [0.717, 1.165) is 35.9 Å². The topological polar surface area (TPSA) is 54.5 Å². The van der Waals surface area contributed by atoms with Crippen LogP contribution in [0.25, 0.3) is 10.9 Å². The van der Waals surface area contributed by atoms with Crippen molar-refractivity contribution in [2.24, 2.45) is 0 Å². The summed E-state index contributed by atoms with van der Waals surface area (Å²) in [5.41, 5.74) is 2.14. The van der Waals surface area contributed by atoms with Gasteiger partial charge in [0.25, 0.3) is 0 Å². The molecule has 0 saturated carbocycles. The standard InChI is InChI=1S/C18H23N3O2/c1-21-12-15(23-2)10-17(21)18(22)19-8-7-13-9-14-5-3-4-6-16(14)20-11-13/h3-6,9,11,15,17H,7-8,10,12H2,1-2H3,(H,19,22)/t15-,17-/m0/s1. The predicted octanol–water partition coefficient (Wildman–Crippen LogP) is 1.61. The minimum Gasteiger partial charge on any atom is -0.380 e. The number of nitrogens with one attached hydrogen (secondary N) is 1. The first-order valence-corrected chi connectivity index (χ1v) is 8.02. The Balaban J connectivity index is 1.53. The average molecular weight is 313 g/mol. The molecule has 1 amide bonds. The van der Waals surface area contributed by atoms with Gasteiger partial charge in [0.2, 0.25) is 5.91 Å². The van der Waals surface area contributed by atoms with E-state index < -0.39 is 0 Å². The molecule has 0 unspecified atom stereocenters. The van der Waals surface area contributed by atoms with Crippen molar-refractivity contribution >= 4 is 16.8 Å². The second-order valence-electron chi connectivity index (χ2n) is 6.13. The van der Waals surface area contributed by atoms with Crippen LogP contribution in [0.3, 0.4) is 0 Å². The number of ether oxygens (including phenoxy) is 1. The molecule has 0 bridgehead atoms. The molecule has 5 heteroatoms. The number of pyridine rings is 1.